The van der Waals surface area contributed by atoms with Gasteiger partial charge >= 0.3 is 0 Å². The van der Waals surface area contributed by atoms with Crippen molar-refractivity contribution in [1.82, 2.24) is 9.97 Å². The number of carbonyl (C=O) groups excluding carboxylic acids is 1. The molecule has 2 heterocycles. The summed E-state index contributed by atoms with van der Waals surface area (Å²) < 4.78 is 31.6. The van der Waals surface area contributed by atoms with E-state index in [4.69, 9.17) is 4.74 Å². The van der Waals surface area contributed by atoms with Crippen LogP contribution in [0, 0.1) is 11.6 Å². The number of anilines is 2. The van der Waals surface area contributed by atoms with Crippen molar-refractivity contribution < 1.29 is 18.3 Å². The van der Waals surface area contributed by atoms with Gasteiger partial charge in [-0.05, 0) is 25.0 Å². The van der Waals surface area contributed by atoms with Gasteiger partial charge in [-0.2, -0.15) is 0 Å². The van der Waals surface area contributed by atoms with Crippen LogP contribution in [0.3, 0.4) is 0 Å². The van der Waals surface area contributed by atoms with Gasteiger partial charge in [-0.15, -0.1) is 0 Å². The van der Waals surface area contributed by atoms with Crippen LogP contribution >= 0.6 is 0 Å². The zero-order valence-corrected chi connectivity index (χ0v) is 12.8. The molecule has 1 aromatic carbocycles. The molecule has 0 bridgehead atoms. The average molecular weight is 334 g/mol. The lowest BCUT2D eigenvalue weighted by Gasteiger charge is -2.11. The third-order valence-electron chi connectivity index (χ3n) is 3.61. The Morgan fingerprint density at radius 2 is 2.12 bits per heavy atom. The Balaban J connectivity index is 1.63. The predicted octanol–water partition coefficient (Wildman–Crippen LogP) is 2.60. The number of nitrogens with one attached hydrogen (secondary N) is 2. The Hall–Kier alpha value is -2.61. The molecule has 2 N–H and O–H groups in total. The summed E-state index contributed by atoms with van der Waals surface area (Å²) in [5.41, 5.74) is 0.260. The van der Waals surface area contributed by atoms with E-state index in [-0.39, 0.29) is 17.5 Å². The Kier molecular flexibility index (Phi) is 4.95. The van der Waals surface area contributed by atoms with Crippen molar-refractivity contribution in [2.45, 2.75) is 18.9 Å². The van der Waals surface area contributed by atoms with E-state index in [1.165, 1.54) is 18.5 Å². The third kappa shape index (κ3) is 4.02. The summed E-state index contributed by atoms with van der Waals surface area (Å²) in [7, 11) is 0. The summed E-state index contributed by atoms with van der Waals surface area (Å²) in [5, 5.41) is 5.56. The van der Waals surface area contributed by atoms with Gasteiger partial charge in [0.1, 0.15) is 17.8 Å². The van der Waals surface area contributed by atoms with Crippen molar-refractivity contribution in [3.8, 4) is 0 Å². The van der Waals surface area contributed by atoms with Crippen LogP contribution < -0.4 is 10.6 Å². The Bertz CT molecular complexity index is 736. The number of carbonyl (C=O) groups is 1. The largest absolute Gasteiger partial charge is 0.376 e. The van der Waals surface area contributed by atoms with E-state index in [1.54, 1.807) is 0 Å². The Labute approximate surface area is 137 Å². The van der Waals surface area contributed by atoms with Crippen LogP contribution in [0.15, 0.2) is 30.6 Å². The van der Waals surface area contributed by atoms with Gasteiger partial charge in [-0.25, -0.2) is 18.7 Å². The maximum Gasteiger partial charge on any atom is 0.274 e. The fourth-order valence-corrected chi connectivity index (χ4v) is 2.37. The number of rotatable bonds is 5. The monoisotopic (exact) mass is 334 g/mol. The van der Waals surface area contributed by atoms with E-state index in [0.717, 1.165) is 31.6 Å². The molecule has 0 saturated carbocycles. The molecule has 8 heteroatoms. The van der Waals surface area contributed by atoms with Gasteiger partial charge in [0.05, 0.1) is 6.10 Å². The van der Waals surface area contributed by atoms with E-state index in [2.05, 4.69) is 20.6 Å². The molecule has 6 nitrogen and oxygen atoms in total. The van der Waals surface area contributed by atoms with Gasteiger partial charge in [0.25, 0.3) is 5.91 Å². The van der Waals surface area contributed by atoms with E-state index >= 15 is 0 Å². The fraction of sp³-hybridized carbons (Fsp3) is 0.312. The van der Waals surface area contributed by atoms with E-state index in [1.807, 2.05) is 0 Å². The second-order valence-corrected chi connectivity index (χ2v) is 5.39. The smallest absolute Gasteiger partial charge is 0.274 e. The summed E-state index contributed by atoms with van der Waals surface area (Å²) >= 11 is 0. The van der Waals surface area contributed by atoms with Crippen molar-refractivity contribution in [2.24, 2.45) is 0 Å². The van der Waals surface area contributed by atoms with Crippen LogP contribution in [0.5, 0.6) is 0 Å². The lowest BCUT2D eigenvalue weighted by atomic mass is 10.2. The quantitative estimate of drug-likeness (QED) is 0.879. The van der Waals surface area contributed by atoms with Crippen LogP contribution in [0.2, 0.25) is 0 Å². The number of halogens is 2. The number of ether oxygens (including phenoxy) is 1. The van der Waals surface area contributed by atoms with Crippen LogP contribution in [0.1, 0.15) is 23.3 Å². The first-order chi connectivity index (χ1) is 11.6. The highest BCUT2D eigenvalue weighted by Crippen LogP contribution is 2.15. The molecule has 1 saturated heterocycles. The van der Waals surface area contributed by atoms with Crippen LogP contribution in [-0.2, 0) is 4.74 Å². The highest BCUT2D eigenvalue weighted by atomic mass is 19.2. The molecule has 1 aliphatic heterocycles. The number of aromatic nitrogens is 2. The molecule has 0 spiro atoms. The number of benzene rings is 1. The molecule has 3 rings (SSSR count). The average Bonchev–Trinajstić information content (AvgIpc) is 3.10. The zero-order valence-electron chi connectivity index (χ0n) is 12.8. The Morgan fingerprint density at radius 3 is 2.88 bits per heavy atom. The molecule has 126 valence electrons. The minimum absolute atomic E-state index is 0.115. The van der Waals surface area contributed by atoms with Gasteiger partial charge in [0, 0.05) is 31.0 Å². The minimum Gasteiger partial charge on any atom is -0.376 e. The number of nitrogens with zero attached hydrogens (tertiary/aromatic N) is 2. The molecule has 2 aromatic rings. The van der Waals surface area contributed by atoms with E-state index in [9.17, 15) is 13.6 Å². The fourth-order valence-electron chi connectivity index (χ4n) is 2.37. The lowest BCUT2D eigenvalue weighted by Crippen LogP contribution is -2.20. The van der Waals surface area contributed by atoms with Crippen molar-refractivity contribution in [3.63, 3.8) is 0 Å². The first-order valence-electron chi connectivity index (χ1n) is 7.56. The second kappa shape index (κ2) is 7.31. The molecule has 1 fully saturated rings. The molecular formula is C16H16F2N4O2. The van der Waals surface area contributed by atoms with Gasteiger partial charge in [-0.1, -0.05) is 0 Å². The number of hydrogen-bond donors (Lipinski definition) is 2. The van der Waals surface area contributed by atoms with E-state index in [0.29, 0.717) is 12.4 Å². The normalized spacial score (nSPS) is 16.8. The second-order valence-electron chi connectivity index (χ2n) is 5.39. The summed E-state index contributed by atoms with van der Waals surface area (Å²) in [6.07, 6.45) is 3.43. The van der Waals surface area contributed by atoms with Crippen molar-refractivity contribution in [2.75, 3.05) is 23.8 Å². The number of amides is 1. The summed E-state index contributed by atoms with van der Waals surface area (Å²) in [5.74, 6) is -2.05. The SMILES string of the molecule is O=C(Nc1ccc(F)c(F)c1)c1cc(NCC2CCCO2)ncn1. The first kappa shape index (κ1) is 16.3. The summed E-state index contributed by atoms with van der Waals surface area (Å²) in [4.78, 5) is 20.1. The molecule has 0 aliphatic carbocycles. The summed E-state index contributed by atoms with van der Waals surface area (Å²) in [6, 6.07) is 4.61. The molecule has 24 heavy (non-hydrogen) atoms. The van der Waals surface area contributed by atoms with E-state index < -0.39 is 17.5 Å². The zero-order chi connectivity index (χ0) is 16.9. The molecule has 0 radical (unpaired) electrons. The molecule has 1 aliphatic rings. The van der Waals surface area contributed by atoms with Crippen molar-refractivity contribution in [1.29, 1.82) is 0 Å². The maximum absolute atomic E-state index is 13.2. The highest BCUT2D eigenvalue weighted by Gasteiger charge is 2.16. The van der Waals surface area contributed by atoms with Crippen LogP contribution in [-0.4, -0.2) is 35.1 Å². The van der Waals surface area contributed by atoms with Gasteiger partial charge in [0.15, 0.2) is 11.6 Å². The maximum atomic E-state index is 13.2. The van der Waals surface area contributed by atoms with Crippen LogP contribution in [0.4, 0.5) is 20.3 Å². The molecule has 1 atom stereocenters. The van der Waals surface area contributed by atoms with Gasteiger partial charge in [-0.3, -0.25) is 4.79 Å². The van der Waals surface area contributed by atoms with Crippen LogP contribution in [0.25, 0.3) is 0 Å². The standard InChI is InChI=1S/C16H16F2N4O2/c17-12-4-3-10(6-13(12)18)22-16(23)14-7-15(21-9-20-14)19-8-11-2-1-5-24-11/h3-4,6-7,9,11H,1-2,5,8H2,(H,22,23)(H,19,20,21). The number of hydrogen-bond acceptors (Lipinski definition) is 5. The Morgan fingerprint density at radius 1 is 1.25 bits per heavy atom. The topological polar surface area (TPSA) is 76.1 Å². The summed E-state index contributed by atoms with van der Waals surface area (Å²) in [6.45, 7) is 1.36. The molecule has 1 unspecified atom stereocenters. The lowest BCUT2D eigenvalue weighted by molar-refractivity contribution is 0.102. The first-order valence-corrected chi connectivity index (χ1v) is 7.56. The van der Waals surface area contributed by atoms with Crippen molar-refractivity contribution in [3.05, 3.63) is 47.9 Å². The highest BCUT2D eigenvalue weighted by molar-refractivity contribution is 6.03. The minimum atomic E-state index is -1.03. The molecule has 1 aromatic heterocycles. The van der Waals surface area contributed by atoms with Crippen molar-refractivity contribution >= 4 is 17.4 Å². The third-order valence-corrected chi connectivity index (χ3v) is 3.61. The molecule has 1 amide bonds. The van der Waals surface area contributed by atoms with Gasteiger partial charge in [0.2, 0.25) is 0 Å². The predicted molar refractivity (Wildman–Crippen MR) is 83.8 cm³/mol. The molecular weight excluding hydrogens is 318 g/mol. The van der Waals surface area contributed by atoms with Gasteiger partial charge < -0.3 is 15.4 Å².